The van der Waals surface area contributed by atoms with Crippen LogP contribution in [0.1, 0.15) is 18.0 Å². The maximum absolute atomic E-state index is 11.4. The van der Waals surface area contributed by atoms with Crippen LogP contribution in [0, 0.1) is 0 Å². The van der Waals surface area contributed by atoms with Gasteiger partial charge in [0.2, 0.25) is 5.91 Å². The molecule has 3 nitrogen and oxygen atoms in total. The van der Waals surface area contributed by atoms with Gasteiger partial charge in [0, 0.05) is 13.1 Å². The van der Waals surface area contributed by atoms with Crippen LogP contribution in [0.3, 0.4) is 0 Å². The van der Waals surface area contributed by atoms with Gasteiger partial charge in [-0.3, -0.25) is 4.79 Å². The highest BCUT2D eigenvalue weighted by Crippen LogP contribution is 2.36. The lowest BCUT2D eigenvalue weighted by atomic mass is 9.94. The Balaban J connectivity index is 2.18. The molecule has 0 aliphatic carbocycles. The first-order valence-corrected chi connectivity index (χ1v) is 5.83. The molecule has 1 fully saturated rings. The first-order valence-electron chi connectivity index (χ1n) is 5.08. The van der Waals surface area contributed by atoms with Gasteiger partial charge in [0.05, 0.1) is 22.5 Å². The van der Waals surface area contributed by atoms with E-state index in [1.807, 2.05) is 12.1 Å². The normalized spacial score (nSPS) is 19.8. The van der Waals surface area contributed by atoms with Crippen molar-refractivity contribution in [1.82, 2.24) is 4.90 Å². The molecule has 1 amide bonds. The Hall–Kier alpha value is -0.770. The van der Waals surface area contributed by atoms with Gasteiger partial charge in [-0.05, 0) is 17.7 Å². The number of rotatable bonds is 3. The predicted molar refractivity (Wildman–Crippen MR) is 64.6 cm³/mol. The van der Waals surface area contributed by atoms with Crippen LogP contribution in [0.5, 0.6) is 0 Å². The monoisotopic (exact) mass is 258 g/mol. The second-order valence-electron chi connectivity index (χ2n) is 3.77. The third kappa shape index (κ3) is 2.03. The molecular formula is C11H12Cl2N2O. The number of nitrogens with two attached hydrogens (primary N) is 1. The molecule has 1 unspecified atom stereocenters. The number of likely N-dealkylation sites (tertiary alicyclic amines) is 1. The number of benzene rings is 1. The lowest BCUT2D eigenvalue weighted by Crippen LogP contribution is -2.48. The summed E-state index contributed by atoms with van der Waals surface area (Å²) in [6, 6.07) is 5.56. The molecule has 2 rings (SSSR count). The van der Waals surface area contributed by atoms with Crippen molar-refractivity contribution >= 4 is 29.1 Å². The van der Waals surface area contributed by atoms with Gasteiger partial charge in [-0.2, -0.15) is 0 Å². The second kappa shape index (κ2) is 4.62. The van der Waals surface area contributed by atoms with E-state index in [-0.39, 0.29) is 11.9 Å². The zero-order valence-electron chi connectivity index (χ0n) is 8.62. The molecule has 1 atom stereocenters. The Morgan fingerprint density at radius 3 is 2.69 bits per heavy atom. The molecule has 1 aromatic carbocycles. The van der Waals surface area contributed by atoms with E-state index in [0.717, 1.165) is 5.56 Å². The maximum atomic E-state index is 11.4. The van der Waals surface area contributed by atoms with Gasteiger partial charge in [-0.1, -0.05) is 29.3 Å². The molecular weight excluding hydrogens is 247 g/mol. The maximum Gasteiger partial charge on any atom is 0.225 e. The Morgan fingerprint density at radius 1 is 1.38 bits per heavy atom. The molecule has 1 aliphatic heterocycles. The van der Waals surface area contributed by atoms with Gasteiger partial charge in [0.15, 0.2) is 0 Å². The highest BCUT2D eigenvalue weighted by Gasteiger charge is 2.36. The van der Waals surface area contributed by atoms with E-state index in [0.29, 0.717) is 29.6 Å². The quantitative estimate of drug-likeness (QED) is 0.846. The number of nitrogens with zero attached hydrogens (tertiary/aromatic N) is 1. The molecule has 1 saturated heterocycles. The summed E-state index contributed by atoms with van der Waals surface area (Å²) in [5.74, 6) is 0.140. The van der Waals surface area contributed by atoms with Crippen molar-refractivity contribution in [2.45, 2.75) is 12.5 Å². The van der Waals surface area contributed by atoms with Gasteiger partial charge in [0.1, 0.15) is 0 Å². The topological polar surface area (TPSA) is 46.3 Å². The number of halogens is 2. The fourth-order valence-electron chi connectivity index (χ4n) is 1.89. The molecule has 1 aromatic rings. The van der Waals surface area contributed by atoms with Gasteiger partial charge in [-0.15, -0.1) is 0 Å². The van der Waals surface area contributed by atoms with E-state index in [1.165, 1.54) is 0 Å². The lowest BCUT2D eigenvalue weighted by Gasteiger charge is -2.40. The number of carbonyl (C=O) groups is 1. The minimum atomic E-state index is 0.103. The smallest absolute Gasteiger partial charge is 0.225 e. The van der Waals surface area contributed by atoms with Crippen molar-refractivity contribution in [3.63, 3.8) is 0 Å². The van der Waals surface area contributed by atoms with E-state index in [2.05, 4.69) is 0 Å². The Bertz CT molecular complexity index is 422. The van der Waals surface area contributed by atoms with Gasteiger partial charge >= 0.3 is 0 Å². The number of β-lactam (4-membered cyclic amide) rings is 1. The number of hydrogen-bond acceptors (Lipinski definition) is 2. The summed E-state index contributed by atoms with van der Waals surface area (Å²) in [7, 11) is 0. The summed E-state index contributed by atoms with van der Waals surface area (Å²) in [6.45, 7) is 1.06. The molecule has 86 valence electrons. The van der Waals surface area contributed by atoms with Crippen LogP contribution < -0.4 is 5.73 Å². The zero-order valence-corrected chi connectivity index (χ0v) is 10.1. The van der Waals surface area contributed by atoms with Gasteiger partial charge in [-0.25, -0.2) is 0 Å². The molecule has 16 heavy (non-hydrogen) atoms. The Kier molecular flexibility index (Phi) is 3.38. The standard InChI is InChI=1S/C11H12Cl2N2O/c12-8-2-1-7(5-9(8)13)10-6-11(16)15(10)4-3-14/h1-2,5,10H,3-4,6,14H2. The molecule has 0 radical (unpaired) electrons. The fourth-order valence-corrected chi connectivity index (χ4v) is 2.20. The van der Waals surface area contributed by atoms with Crippen LogP contribution in [0.25, 0.3) is 0 Å². The summed E-state index contributed by atoms with van der Waals surface area (Å²) in [5.41, 5.74) is 6.47. The largest absolute Gasteiger partial charge is 0.334 e. The van der Waals surface area contributed by atoms with Crippen LogP contribution in [0.15, 0.2) is 18.2 Å². The first kappa shape index (κ1) is 11.7. The fraction of sp³-hybridized carbons (Fsp3) is 0.364. The van der Waals surface area contributed by atoms with Crippen molar-refractivity contribution in [2.24, 2.45) is 5.73 Å². The summed E-state index contributed by atoms with van der Waals surface area (Å²) in [4.78, 5) is 13.1. The Labute approximate surface area is 104 Å². The lowest BCUT2D eigenvalue weighted by molar-refractivity contribution is -0.146. The van der Waals surface area contributed by atoms with E-state index >= 15 is 0 Å². The molecule has 0 aromatic heterocycles. The third-order valence-corrected chi connectivity index (χ3v) is 3.50. The predicted octanol–water partition coefficient (Wildman–Crippen LogP) is 2.23. The molecule has 0 saturated carbocycles. The molecule has 2 N–H and O–H groups in total. The summed E-state index contributed by atoms with van der Waals surface area (Å²) in [5, 5.41) is 1.05. The van der Waals surface area contributed by atoms with Crippen molar-refractivity contribution in [3.8, 4) is 0 Å². The molecule has 0 bridgehead atoms. The van der Waals surface area contributed by atoms with Crippen LogP contribution in [0.4, 0.5) is 0 Å². The summed E-state index contributed by atoms with van der Waals surface area (Å²) >= 11 is 11.8. The highest BCUT2D eigenvalue weighted by atomic mass is 35.5. The van der Waals surface area contributed by atoms with Gasteiger partial charge < -0.3 is 10.6 Å². The SMILES string of the molecule is NCCN1C(=O)CC1c1ccc(Cl)c(Cl)c1. The first-order chi connectivity index (χ1) is 7.63. The van der Waals surface area contributed by atoms with Crippen LogP contribution in [-0.2, 0) is 4.79 Å². The second-order valence-corrected chi connectivity index (χ2v) is 4.58. The summed E-state index contributed by atoms with van der Waals surface area (Å²) in [6.07, 6.45) is 0.526. The average Bonchev–Trinajstić information content (AvgIpc) is 2.27. The summed E-state index contributed by atoms with van der Waals surface area (Å²) < 4.78 is 0. The van der Waals surface area contributed by atoms with Gasteiger partial charge in [0.25, 0.3) is 0 Å². The van der Waals surface area contributed by atoms with E-state index < -0.39 is 0 Å². The highest BCUT2D eigenvalue weighted by molar-refractivity contribution is 6.42. The van der Waals surface area contributed by atoms with Crippen molar-refractivity contribution in [2.75, 3.05) is 13.1 Å². The van der Waals surface area contributed by atoms with E-state index in [1.54, 1.807) is 11.0 Å². The van der Waals surface area contributed by atoms with Crippen LogP contribution >= 0.6 is 23.2 Å². The minimum absolute atomic E-state index is 0.103. The third-order valence-electron chi connectivity index (χ3n) is 2.76. The minimum Gasteiger partial charge on any atom is -0.334 e. The number of amides is 1. The van der Waals surface area contributed by atoms with Crippen molar-refractivity contribution < 1.29 is 4.79 Å². The van der Waals surface area contributed by atoms with Crippen LogP contribution in [0.2, 0.25) is 10.0 Å². The number of carbonyl (C=O) groups excluding carboxylic acids is 1. The molecule has 0 spiro atoms. The molecule has 1 heterocycles. The van der Waals surface area contributed by atoms with Crippen molar-refractivity contribution in [3.05, 3.63) is 33.8 Å². The average molecular weight is 259 g/mol. The molecule has 5 heteroatoms. The Morgan fingerprint density at radius 2 is 2.12 bits per heavy atom. The van der Waals surface area contributed by atoms with Crippen LogP contribution in [-0.4, -0.2) is 23.9 Å². The van der Waals surface area contributed by atoms with E-state index in [9.17, 15) is 4.79 Å². The van der Waals surface area contributed by atoms with E-state index in [4.69, 9.17) is 28.9 Å². The molecule has 1 aliphatic rings. The zero-order chi connectivity index (χ0) is 11.7. The number of hydrogen-bond donors (Lipinski definition) is 1. The van der Waals surface area contributed by atoms with Crippen molar-refractivity contribution in [1.29, 1.82) is 0 Å².